The van der Waals surface area contributed by atoms with Gasteiger partial charge in [0.25, 0.3) is 5.91 Å². The number of anilines is 1. The maximum atomic E-state index is 12.5. The fraction of sp³-hybridized carbons (Fsp3) is 0.0714. The Bertz CT molecular complexity index is 1420. The summed E-state index contributed by atoms with van der Waals surface area (Å²) in [6.07, 6.45) is 1.50. The number of nitrogens with one attached hydrogen (secondary N) is 1. The molecule has 34 heavy (non-hydrogen) atoms. The average molecular weight is 469 g/mol. The van der Waals surface area contributed by atoms with Crippen LogP contribution >= 0.6 is 11.6 Å². The van der Waals surface area contributed by atoms with E-state index < -0.39 is 5.91 Å². The molecule has 0 spiro atoms. The molecule has 0 aromatic heterocycles. The molecule has 0 radical (unpaired) electrons. The van der Waals surface area contributed by atoms with Crippen molar-refractivity contribution in [3.63, 3.8) is 0 Å². The third kappa shape index (κ3) is 5.55. The van der Waals surface area contributed by atoms with Gasteiger partial charge in [-0.3, -0.25) is 4.79 Å². The predicted molar refractivity (Wildman–Crippen MR) is 135 cm³/mol. The number of hydrogen-bond donors (Lipinski definition) is 1. The molecule has 1 amide bonds. The Kier molecular flexibility index (Phi) is 7.12. The lowest BCUT2D eigenvalue weighted by atomic mass is 10.1. The summed E-state index contributed by atoms with van der Waals surface area (Å²) in [6, 6.07) is 28.3. The average Bonchev–Trinajstić information content (AvgIpc) is 2.86. The molecule has 0 saturated heterocycles. The molecule has 4 rings (SSSR count). The summed E-state index contributed by atoms with van der Waals surface area (Å²) in [5.74, 6) is 0.539. The summed E-state index contributed by atoms with van der Waals surface area (Å²) in [5.41, 5.74) is 2.13. The first kappa shape index (κ1) is 22.9. The van der Waals surface area contributed by atoms with Crippen molar-refractivity contribution < 1.29 is 14.3 Å². The molecule has 0 unspecified atom stereocenters. The van der Waals surface area contributed by atoms with Crippen LogP contribution in [0.15, 0.2) is 90.5 Å². The van der Waals surface area contributed by atoms with Crippen LogP contribution in [0.3, 0.4) is 0 Å². The zero-order valence-electron chi connectivity index (χ0n) is 18.4. The smallest absolute Gasteiger partial charge is 0.266 e. The number of hydrogen-bond acceptors (Lipinski definition) is 4. The SMILES string of the molecule is COc1cc(/C=C(\C#N)C(=O)Nc2cccc(Cl)c2)ccc1OCc1ccc2ccccc2c1. The van der Waals surface area contributed by atoms with Crippen LogP contribution in [0.5, 0.6) is 11.5 Å². The summed E-state index contributed by atoms with van der Waals surface area (Å²) >= 11 is 5.95. The van der Waals surface area contributed by atoms with Gasteiger partial charge in [0.15, 0.2) is 11.5 Å². The van der Waals surface area contributed by atoms with Crippen LogP contribution in [0.1, 0.15) is 11.1 Å². The van der Waals surface area contributed by atoms with E-state index >= 15 is 0 Å². The summed E-state index contributed by atoms with van der Waals surface area (Å²) < 4.78 is 11.5. The van der Waals surface area contributed by atoms with Gasteiger partial charge in [0.1, 0.15) is 18.2 Å². The molecule has 0 bridgehead atoms. The zero-order valence-corrected chi connectivity index (χ0v) is 19.2. The first-order chi connectivity index (χ1) is 16.6. The van der Waals surface area contributed by atoms with Crippen LogP contribution in [0.2, 0.25) is 5.02 Å². The van der Waals surface area contributed by atoms with Gasteiger partial charge in [-0.1, -0.05) is 60.1 Å². The summed E-state index contributed by atoms with van der Waals surface area (Å²) in [6.45, 7) is 0.377. The highest BCUT2D eigenvalue weighted by Crippen LogP contribution is 2.30. The van der Waals surface area contributed by atoms with Crippen LogP contribution in [0.4, 0.5) is 5.69 Å². The zero-order chi connectivity index (χ0) is 23.9. The van der Waals surface area contributed by atoms with Crippen LogP contribution in [0, 0.1) is 11.3 Å². The van der Waals surface area contributed by atoms with E-state index in [-0.39, 0.29) is 5.57 Å². The molecule has 6 heteroatoms. The number of halogens is 1. The van der Waals surface area contributed by atoms with Gasteiger partial charge in [-0.25, -0.2) is 0 Å². The molecule has 0 aliphatic carbocycles. The lowest BCUT2D eigenvalue weighted by Gasteiger charge is -2.12. The molecule has 0 aliphatic rings. The molecule has 0 saturated carbocycles. The summed E-state index contributed by atoms with van der Waals surface area (Å²) in [7, 11) is 1.54. The number of rotatable bonds is 7. The molecule has 0 aliphatic heterocycles. The third-order valence-electron chi connectivity index (χ3n) is 5.15. The quantitative estimate of drug-likeness (QED) is 0.244. The summed E-state index contributed by atoms with van der Waals surface area (Å²) in [4.78, 5) is 12.5. The molecule has 0 atom stereocenters. The largest absolute Gasteiger partial charge is 0.493 e. The van der Waals surface area contributed by atoms with Crippen molar-refractivity contribution >= 4 is 40.0 Å². The van der Waals surface area contributed by atoms with Crippen LogP contribution < -0.4 is 14.8 Å². The third-order valence-corrected chi connectivity index (χ3v) is 5.39. The highest BCUT2D eigenvalue weighted by atomic mass is 35.5. The second-order valence-corrected chi connectivity index (χ2v) is 7.95. The van der Waals surface area contributed by atoms with E-state index in [0.717, 1.165) is 10.9 Å². The summed E-state index contributed by atoms with van der Waals surface area (Å²) in [5, 5.41) is 15.0. The van der Waals surface area contributed by atoms with Gasteiger partial charge in [-0.15, -0.1) is 0 Å². The van der Waals surface area contributed by atoms with E-state index in [1.807, 2.05) is 24.3 Å². The minimum absolute atomic E-state index is 0.0492. The van der Waals surface area contributed by atoms with Crippen LogP contribution in [-0.4, -0.2) is 13.0 Å². The van der Waals surface area contributed by atoms with E-state index in [2.05, 4.69) is 29.6 Å². The highest BCUT2D eigenvalue weighted by molar-refractivity contribution is 6.31. The highest BCUT2D eigenvalue weighted by Gasteiger charge is 2.12. The van der Waals surface area contributed by atoms with Crippen molar-refractivity contribution in [3.05, 3.63) is 107 Å². The van der Waals surface area contributed by atoms with Gasteiger partial charge < -0.3 is 14.8 Å². The van der Waals surface area contributed by atoms with Crippen molar-refractivity contribution in [2.24, 2.45) is 0 Å². The molecule has 4 aromatic rings. The maximum absolute atomic E-state index is 12.5. The minimum atomic E-state index is -0.527. The Morgan fingerprint density at radius 2 is 1.79 bits per heavy atom. The Balaban J connectivity index is 1.49. The molecule has 0 fully saturated rings. The number of benzene rings is 4. The van der Waals surface area contributed by atoms with Crippen molar-refractivity contribution in [2.75, 3.05) is 12.4 Å². The minimum Gasteiger partial charge on any atom is -0.493 e. The van der Waals surface area contributed by atoms with Gasteiger partial charge in [0.05, 0.1) is 7.11 Å². The number of carbonyl (C=O) groups is 1. The Hall–Kier alpha value is -4.27. The van der Waals surface area contributed by atoms with Crippen LogP contribution in [0.25, 0.3) is 16.8 Å². The Morgan fingerprint density at radius 1 is 0.971 bits per heavy atom. The molecule has 0 heterocycles. The van der Waals surface area contributed by atoms with Gasteiger partial charge in [-0.05, 0) is 64.4 Å². The topological polar surface area (TPSA) is 71.3 Å². The van der Waals surface area contributed by atoms with Crippen molar-refractivity contribution in [1.82, 2.24) is 0 Å². The van der Waals surface area contributed by atoms with Gasteiger partial charge >= 0.3 is 0 Å². The number of carbonyl (C=O) groups excluding carboxylic acids is 1. The van der Waals surface area contributed by atoms with E-state index in [0.29, 0.717) is 34.4 Å². The van der Waals surface area contributed by atoms with Crippen molar-refractivity contribution in [1.29, 1.82) is 5.26 Å². The monoisotopic (exact) mass is 468 g/mol. The first-order valence-electron chi connectivity index (χ1n) is 10.5. The van der Waals surface area contributed by atoms with Crippen molar-refractivity contribution in [3.8, 4) is 17.6 Å². The molecular formula is C28H21ClN2O3. The predicted octanol–water partition coefficient (Wildman–Crippen LogP) is 6.63. The van der Waals surface area contributed by atoms with E-state index in [9.17, 15) is 10.1 Å². The van der Waals surface area contributed by atoms with Gasteiger partial charge in [0.2, 0.25) is 0 Å². The molecular weight excluding hydrogens is 448 g/mol. The van der Waals surface area contributed by atoms with E-state index in [4.69, 9.17) is 21.1 Å². The lowest BCUT2D eigenvalue weighted by molar-refractivity contribution is -0.112. The fourth-order valence-electron chi connectivity index (χ4n) is 3.46. The second kappa shape index (κ2) is 10.6. The van der Waals surface area contributed by atoms with E-state index in [1.165, 1.54) is 11.5 Å². The lowest BCUT2D eigenvalue weighted by Crippen LogP contribution is -2.13. The van der Waals surface area contributed by atoms with Gasteiger partial charge in [0, 0.05) is 10.7 Å². The molecule has 1 N–H and O–H groups in total. The fourth-order valence-corrected chi connectivity index (χ4v) is 3.65. The molecule has 168 valence electrons. The molecule has 4 aromatic carbocycles. The maximum Gasteiger partial charge on any atom is 0.266 e. The van der Waals surface area contributed by atoms with Crippen molar-refractivity contribution in [2.45, 2.75) is 6.61 Å². The van der Waals surface area contributed by atoms with Gasteiger partial charge in [-0.2, -0.15) is 5.26 Å². The number of amides is 1. The molecule has 5 nitrogen and oxygen atoms in total. The number of methoxy groups -OCH3 is 1. The normalized spacial score (nSPS) is 11.0. The Morgan fingerprint density at radius 3 is 2.56 bits per heavy atom. The van der Waals surface area contributed by atoms with E-state index in [1.54, 1.807) is 49.6 Å². The second-order valence-electron chi connectivity index (χ2n) is 7.51. The first-order valence-corrected chi connectivity index (χ1v) is 10.9. The number of nitrogens with zero attached hydrogens (tertiary/aromatic N) is 1. The number of fused-ring (bicyclic) bond motifs is 1. The van der Waals surface area contributed by atoms with Crippen LogP contribution in [-0.2, 0) is 11.4 Å². The Labute approximate surface area is 202 Å². The number of ether oxygens (including phenoxy) is 2. The number of nitriles is 1. The standard InChI is InChI=1S/C28H21ClN2O3/c1-33-27-15-19(13-23(17-30)28(32)31-25-8-4-7-24(29)16-25)10-12-26(27)34-18-20-9-11-21-5-2-3-6-22(21)14-20/h2-16H,18H2,1H3,(H,31,32)/b23-13+.